The van der Waals surface area contributed by atoms with Gasteiger partial charge in [0.2, 0.25) is 10.0 Å². The van der Waals surface area contributed by atoms with E-state index in [9.17, 15) is 8.42 Å². The summed E-state index contributed by atoms with van der Waals surface area (Å²) in [6, 6.07) is 5.14. The quantitative estimate of drug-likeness (QED) is 0.759. The third-order valence-corrected chi connectivity index (χ3v) is 4.10. The molecular formula is C15H25NO4S. The van der Waals surface area contributed by atoms with Crippen molar-refractivity contribution in [3.8, 4) is 11.5 Å². The molecular weight excluding hydrogens is 290 g/mol. The molecule has 0 spiro atoms. The summed E-state index contributed by atoms with van der Waals surface area (Å²) in [5, 5.41) is 0. The number of rotatable bonds is 9. The Labute approximate surface area is 127 Å². The highest BCUT2D eigenvalue weighted by Crippen LogP contribution is 2.30. The second kappa shape index (κ2) is 8.12. The first-order chi connectivity index (χ1) is 9.88. The van der Waals surface area contributed by atoms with Gasteiger partial charge >= 0.3 is 0 Å². The van der Waals surface area contributed by atoms with E-state index in [1.54, 1.807) is 18.2 Å². The van der Waals surface area contributed by atoms with Crippen LogP contribution in [-0.4, -0.2) is 27.4 Å². The summed E-state index contributed by atoms with van der Waals surface area (Å²) in [6.07, 6.45) is 0.616. The molecule has 0 amide bonds. The van der Waals surface area contributed by atoms with Gasteiger partial charge in [-0.2, -0.15) is 0 Å². The molecule has 0 aliphatic rings. The van der Waals surface area contributed by atoms with Crippen LogP contribution < -0.4 is 14.2 Å². The number of anilines is 1. The Hall–Kier alpha value is -1.43. The van der Waals surface area contributed by atoms with Crippen LogP contribution in [0.15, 0.2) is 18.2 Å². The van der Waals surface area contributed by atoms with Gasteiger partial charge in [0.15, 0.2) is 0 Å². The first-order valence-electron chi connectivity index (χ1n) is 7.28. The molecule has 21 heavy (non-hydrogen) atoms. The van der Waals surface area contributed by atoms with Gasteiger partial charge in [0.05, 0.1) is 24.7 Å². The minimum Gasteiger partial charge on any atom is -0.494 e. The molecule has 0 saturated heterocycles. The lowest BCUT2D eigenvalue weighted by Gasteiger charge is -2.15. The fraction of sp³-hybridized carbons (Fsp3) is 0.600. The van der Waals surface area contributed by atoms with Gasteiger partial charge in [-0.15, -0.1) is 0 Å². The average molecular weight is 315 g/mol. The molecule has 0 aromatic heterocycles. The SMILES string of the molecule is CCOc1ccc(OCC)c(NS(=O)(=O)CCC(C)C)c1. The normalized spacial score (nSPS) is 11.5. The van der Waals surface area contributed by atoms with E-state index in [1.807, 2.05) is 27.7 Å². The van der Waals surface area contributed by atoms with Crippen LogP contribution in [0.1, 0.15) is 34.1 Å². The number of ether oxygens (including phenoxy) is 2. The lowest BCUT2D eigenvalue weighted by Crippen LogP contribution is -2.18. The fourth-order valence-corrected chi connectivity index (χ4v) is 3.11. The zero-order valence-electron chi connectivity index (χ0n) is 13.2. The highest BCUT2D eigenvalue weighted by Gasteiger charge is 2.15. The molecule has 6 heteroatoms. The van der Waals surface area contributed by atoms with E-state index in [2.05, 4.69) is 4.72 Å². The molecule has 0 fully saturated rings. The van der Waals surface area contributed by atoms with Crippen LogP contribution >= 0.6 is 0 Å². The molecule has 1 aromatic carbocycles. The van der Waals surface area contributed by atoms with Crippen molar-refractivity contribution in [1.29, 1.82) is 0 Å². The van der Waals surface area contributed by atoms with Crippen molar-refractivity contribution in [2.24, 2.45) is 5.92 Å². The van der Waals surface area contributed by atoms with E-state index >= 15 is 0 Å². The van der Waals surface area contributed by atoms with Gasteiger partial charge in [-0.25, -0.2) is 8.42 Å². The van der Waals surface area contributed by atoms with Crippen LogP contribution in [0.5, 0.6) is 11.5 Å². The van der Waals surface area contributed by atoms with Crippen LogP contribution in [0, 0.1) is 5.92 Å². The largest absolute Gasteiger partial charge is 0.494 e. The van der Waals surface area contributed by atoms with E-state index in [4.69, 9.17) is 9.47 Å². The maximum absolute atomic E-state index is 12.1. The van der Waals surface area contributed by atoms with Crippen molar-refractivity contribution in [2.45, 2.75) is 34.1 Å². The van der Waals surface area contributed by atoms with Gasteiger partial charge in [-0.3, -0.25) is 4.72 Å². The molecule has 0 bridgehead atoms. The third kappa shape index (κ3) is 6.25. The standard InChI is InChI=1S/C15H25NO4S/c1-5-19-13-7-8-15(20-6-2)14(11-13)16-21(17,18)10-9-12(3)4/h7-8,11-12,16H,5-6,9-10H2,1-4H3. The molecule has 5 nitrogen and oxygen atoms in total. The van der Waals surface area contributed by atoms with Gasteiger partial charge in [0, 0.05) is 6.07 Å². The van der Waals surface area contributed by atoms with Crippen molar-refractivity contribution >= 4 is 15.7 Å². The van der Waals surface area contributed by atoms with Crippen LogP contribution in [0.25, 0.3) is 0 Å². The molecule has 1 aromatic rings. The van der Waals surface area contributed by atoms with Crippen LogP contribution in [-0.2, 0) is 10.0 Å². The van der Waals surface area contributed by atoms with E-state index in [0.29, 0.717) is 42.7 Å². The number of benzene rings is 1. The van der Waals surface area contributed by atoms with Crippen molar-refractivity contribution in [2.75, 3.05) is 23.7 Å². The minimum atomic E-state index is -3.39. The first-order valence-corrected chi connectivity index (χ1v) is 8.93. The number of sulfonamides is 1. The highest BCUT2D eigenvalue weighted by atomic mass is 32.2. The molecule has 0 heterocycles. The van der Waals surface area contributed by atoms with Gasteiger partial charge in [-0.1, -0.05) is 13.8 Å². The smallest absolute Gasteiger partial charge is 0.232 e. The van der Waals surface area contributed by atoms with Gasteiger partial charge in [0.1, 0.15) is 11.5 Å². The lowest BCUT2D eigenvalue weighted by atomic mass is 10.2. The molecule has 1 N–H and O–H groups in total. The Morgan fingerprint density at radius 3 is 2.38 bits per heavy atom. The summed E-state index contributed by atoms with van der Waals surface area (Å²) in [7, 11) is -3.39. The predicted molar refractivity (Wildman–Crippen MR) is 85.6 cm³/mol. The number of hydrogen-bond donors (Lipinski definition) is 1. The Bertz CT molecular complexity index is 541. The van der Waals surface area contributed by atoms with Crippen LogP contribution in [0.4, 0.5) is 5.69 Å². The first kappa shape index (κ1) is 17.6. The van der Waals surface area contributed by atoms with E-state index in [1.165, 1.54) is 0 Å². The maximum atomic E-state index is 12.1. The zero-order chi connectivity index (χ0) is 15.9. The van der Waals surface area contributed by atoms with Gasteiger partial charge < -0.3 is 9.47 Å². The summed E-state index contributed by atoms with van der Waals surface area (Å²) in [5.74, 6) is 1.55. The Morgan fingerprint density at radius 1 is 1.14 bits per heavy atom. The summed E-state index contributed by atoms with van der Waals surface area (Å²) in [6.45, 7) is 8.71. The molecule has 120 valence electrons. The minimum absolute atomic E-state index is 0.0924. The van der Waals surface area contributed by atoms with Crippen molar-refractivity contribution < 1.29 is 17.9 Å². The van der Waals surface area contributed by atoms with Crippen molar-refractivity contribution in [3.63, 3.8) is 0 Å². The Kier molecular flexibility index (Phi) is 6.81. The van der Waals surface area contributed by atoms with Gasteiger partial charge in [-0.05, 0) is 38.3 Å². The second-order valence-corrected chi connectivity index (χ2v) is 6.97. The summed E-state index contributed by atoms with van der Waals surface area (Å²) in [5.41, 5.74) is 0.423. The molecule has 1 rings (SSSR count). The molecule has 0 aliphatic carbocycles. The van der Waals surface area contributed by atoms with Crippen LogP contribution in [0.2, 0.25) is 0 Å². The number of nitrogens with one attached hydrogen (secondary N) is 1. The second-order valence-electron chi connectivity index (χ2n) is 5.13. The van der Waals surface area contributed by atoms with E-state index in [-0.39, 0.29) is 5.75 Å². The van der Waals surface area contributed by atoms with E-state index in [0.717, 1.165) is 0 Å². The Balaban J connectivity index is 2.94. The molecule has 0 atom stereocenters. The molecule has 0 aliphatic heterocycles. The van der Waals surface area contributed by atoms with Crippen LogP contribution in [0.3, 0.4) is 0 Å². The summed E-state index contributed by atoms with van der Waals surface area (Å²) >= 11 is 0. The number of hydrogen-bond acceptors (Lipinski definition) is 4. The Morgan fingerprint density at radius 2 is 1.81 bits per heavy atom. The molecule has 0 saturated carbocycles. The fourth-order valence-electron chi connectivity index (χ4n) is 1.74. The topological polar surface area (TPSA) is 64.6 Å². The van der Waals surface area contributed by atoms with Crippen molar-refractivity contribution in [3.05, 3.63) is 18.2 Å². The maximum Gasteiger partial charge on any atom is 0.232 e. The highest BCUT2D eigenvalue weighted by molar-refractivity contribution is 7.92. The zero-order valence-corrected chi connectivity index (χ0v) is 14.0. The molecule has 0 unspecified atom stereocenters. The van der Waals surface area contributed by atoms with Crippen molar-refractivity contribution in [1.82, 2.24) is 0 Å². The summed E-state index contributed by atoms with van der Waals surface area (Å²) < 4.78 is 37.7. The predicted octanol–water partition coefficient (Wildman–Crippen LogP) is 3.27. The summed E-state index contributed by atoms with van der Waals surface area (Å²) in [4.78, 5) is 0. The monoisotopic (exact) mass is 315 g/mol. The average Bonchev–Trinajstić information content (AvgIpc) is 2.40. The van der Waals surface area contributed by atoms with E-state index < -0.39 is 10.0 Å². The third-order valence-electron chi connectivity index (χ3n) is 2.79. The lowest BCUT2D eigenvalue weighted by molar-refractivity contribution is 0.332. The van der Waals surface area contributed by atoms with Gasteiger partial charge in [0.25, 0.3) is 0 Å². The molecule has 0 radical (unpaired) electrons.